The van der Waals surface area contributed by atoms with Crippen LogP contribution in [0.3, 0.4) is 0 Å². The van der Waals surface area contributed by atoms with Crippen molar-refractivity contribution in [1.82, 2.24) is 4.90 Å². The molecule has 0 radical (unpaired) electrons. The van der Waals surface area contributed by atoms with Crippen LogP contribution in [0, 0.1) is 5.82 Å². The molecule has 0 bridgehead atoms. The minimum Gasteiger partial charge on any atom is -0.298 e. The van der Waals surface area contributed by atoms with Crippen molar-refractivity contribution in [2.75, 3.05) is 7.05 Å². The zero-order valence-electron chi connectivity index (χ0n) is 10.5. The van der Waals surface area contributed by atoms with Gasteiger partial charge >= 0.3 is 0 Å². The largest absolute Gasteiger partial charge is 0.298 e. The number of nitrogens with zero attached hydrogens (tertiary/aromatic N) is 1. The van der Waals surface area contributed by atoms with Gasteiger partial charge in [-0.2, -0.15) is 0 Å². The Morgan fingerprint density at radius 1 is 1.33 bits per heavy atom. The van der Waals surface area contributed by atoms with Crippen molar-refractivity contribution in [2.45, 2.75) is 43.6 Å². The molecular formula is C14H18Cl2FN. The van der Waals surface area contributed by atoms with Crippen LogP contribution < -0.4 is 0 Å². The average Bonchev–Trinajstić information content (AvgIpc) is 2.33. The van der Waals surface area contributed by atoms with Crippen LogP contribution in [0.1, 0.15) is 31.2 Å². The second kappa shape index (κ2) is 6.23. The maximum Gasteiger partial charge on any atom is 0.124 e. The third-order valence-electron chi connectivity index (χ3n) is 3.65. The summed E-state index contributed by atoms with van der Waals surface area (Å²) in [7, 11) is 2.06. The smallest absolute Gasteiger partial charge is 0.124 e. The van der Waals surface area contributed by atoms with Crippen LogP contribution in [0.4, 0.5) is 4.39 Å². The predicted octanol–water partition coefficient (Wildman–Crippen LogP) is 4.46. The Hall–Kier alpha value is -0.310. The van der Waals surface area contributed by atoms with Gasteiger partial charge in [-0.1, -0.05) is 30.5 Å². The molecule has 100 valence electrons. The van der Waals surface area contributed by atoms with E-state index in [0.29, 0.717) is 17.6 Å². The first kappa shape index (κ1) is 14.1. The second-order valence-electron chi connectivity index (χ2n) is 5.02. The Bertz CT molecular complexity index is 411. The number of alkyl halides is 1. The van der Waals surface area contributed by atoms with Crippen LogP contribution in [-0.2, 0) is 6.54 Å². The molecular weight excluding hydrogens is 272 g/mol. The normalized spacial score (nSPS) is 24.5. The number of hydrogen-bond donors (Lipinski definition) is 0. The highest BCUT2D eigenvalue weighted by atomic mass is 35.5. The topological polar surface area (TPSA) is 3.24 Å². The van der Waals surface area contributed by atoms with Crippen LogP contribution >= 0.6 is 23.2 Å². The van der Waals surface area contributed by atoms with Crippen molar-refractivity contribution in [2.24, 2.45) is 0 Å². The lowest BCUT2D eigenvalue weighted by Gasteiger charge is -2.35. The summed E-state index contributed by atoms with van der Waals surface area (Å²) in [6.07, 6.45) is 4.66. The van der Waals surface area contributed by atoms with Gasteiger partial charge in [0.15, 0.2) is 0 Å². The van der Waals surface area contributed by atoms with Gasteiger partial charge in [-0.25, -0.2) is 4.39 Å². The summed E-state index contributed by atoms with van der Waals surface area (Å²) in [6.45, 7) is 0.715. The molecule has 0 amide bonds. The monoisotopic (exact) mass is 289 g/mol. The maximum absolute atomic E-state index is 13.0. The van der Waals surface area contributed by atoms with Crippen molar-refractivity contribution < 1.29 is 4.39 Å². The van der Waals surface area contributed by atoms with E-state index in [1.807, 2.05) is 0 Å². The minimum absolute atomic E-state index is 0.211. The standard InChI is InChI=1S/C14H18Cl2FN/c1-18(14-5-3-2-4-12(14)15)9-10-6-7-11(17)8-13(10)16/h6-8,12,14H,2-5,9H2,1H3. The summed E-state index contributed by atoms with van der Waals surface area (Å²) in [5.74, 6) is -0.292. The van der Waals surface area contributed by atoms with E-state index in [9.17, 15) is 4.39 Å². The molecule has 18 heavy (non-hydrogen) atoms. The molecule has 0 saturated heterocycles. The highest BCUT2D eigenvalue weighted by Crippen LogP contribution is 2.28. The lowest BCUT2D eigenvalue weighted by Crippen LogP contribution is -2.40. The fourth-order valence-electron chi connectivity index (χ4n) is 2.60. The van der Waals surface area contributed by atoms with Crippen molar-refractivity contribution in [3.05, 3.63) is 34.6 Å². The molecule has 1 saturated carbocycles. The summed E-state index contributed by atoms with van der Waals surface area (Å²) in [5.41, 5.74) is 0.954. The molecule has 0 aromatic heterocycles. The maximum atomic E-state index is 13.0. The zero-order valence-corrected chi connectivity index (χ0v) is 12.0. The molecule has 1 fully saturated rings. The summed E-state index contributed by atoms with van der Waals surface area (Å²) in [4.78, 5) is 2.23. The van der Waals surface area contributed by atoms with Gasteiger partial charge in [0.2, 0.25) is 0 Å². The average molecular weight is 290 g/mol. The first-order valence-corrected chi connectivity index (χ1v) is 7.17. The zero-order chi connectivity index (χ0) is 13.1. The fourth-order valence-corrected chi connectivity index (χ4v) is 3.30. The molecule has 4 heteroatoms. The third-order valence-corrected chi connectivity index (χ3v) is 4.51. The van der Waals surface area contributed by atoms with Gasteiger partial charge in [-0.05, 0) is 37.6 Å². The van der Waals surface area contributed by atoms with E-state index in [1.165, 1.54) is 25.0 Å². The molecule has 1 aromatic carbocycles. The molecule has 2 atom stereocenters. The minimum atomic E-state index is -0.292. The number of rotatable bonds is 3. The molecule has 0 N–H and O–H groups in total. The molecule has 1 aromatic rings. The lowest BCUT2D eigenvalue weighted by atomic mass is 9.93. The highest BCUT2D eigenvalue weighted by molar-refractivity contribution is 6.31. The first-order valence-electron chi connectivity index (χ1n) is 6.36. The molecule has 1 aliphatic rings. The van der Waals surface area contributed by atoms with E-state index in [4.69, 9.17) is 23.2 Å². The summed E-state index contributed by atoms with van der Waals surface area (Å²) in [5, 5.41) is 0.701. The van der Waals surface area contributed by atoms with Gasteiger partial charge in [0.25, 0.3) is 0 Å². The summed E-state index contributed by atoms with van der Waals surface area (Å²) >= 11 is 12.4. The molecule has 1 aliphatic carbocycles. The Kier molecular flexibility index (Phi) is 4.88. The Morgan fingerprint density at radius 2 is 2.06 bits per heavy atom. The van der Waals surface area contributed by atoms with E-state index in [1.54, 1.807) is 6.07 Å². The van der Waals surface area contributed by atoms with Crippen LogP contribution in [0.15, 0.2) is 18.2 Å². The molecule has 2 unspecified atom stereocenters. The van der Waals surface area contributed by atoms with Gasteiger partial charge < -0.3 is 0 Å². The quantitative estimate of drug-likeness (QED) is 0.743. The number of halogens is 3. The summed E-state index contributed by atoms with van der Waals surface area (Å²) < 4.78 is 13.0. The van der Waals surface area contributed by atoms with Gasteiger partial charge in [-0.3, -0.25) is 4.90 Å². The van der Waals surface area contributed by atoms with E-state index in [0.717, 1.165) is 18.4 Å². The molecule has 0 spiro atoms. The number of benzene rings is 1. The van der Waals surface area contributed by atoms with E-state index < -0.39 is 0 Å². The van der Waals surface area contributed by atoms with Crippen molar-refractivity contribution in [1.29, 1.82) is 0 Å². The first-order chi connectivity index (χ1) is 8.58. The molecule has 0 aliphatic heterocycles. The SMILES string of the molecule is CN(Cc1ccc(F)cc1Cl)C1CCCCC1Cl. The van der Waals surface area contributed by atoms with Crippen LogP contribution in [0.5, 0.6) is 0 Å². The highest BCUT2D eigenvalue weighted by Gasteiger charge is 2.26. The van der Waals surface area contributed by atoms with Gasteiger partial charge in [0.05, 0.1) is 0 Å². The lowest BCUT2D eigenvalue weighted by molar-refractivity contribution is 0.188. The molecule has 0 heterocycles. The van der Waals surface area contributed by atoms with Crippen molar-refractivity contribution in [3.63, 3.8) is 0 Å². The van der Waals surface area contributed by atoms with E-state index in [2.05, 4.69) is 11.9 Å². The molecule has 1 nitrogen and oxygen atoms in total. The predicted molar refractivity (Wildman–Crippen MR) is 74.8 cm³/mol. The van der Waals surface area contributed by atoms with Crippen LogP contribution in [0.2, 0.25) is 5.02 Å². The Morgan fingerprint density at radius 3 is 2.72 bits per heavy atom. The Balaban J connectivity index is 2.03. The molecule has 2 rings (SSSR count). The second-order valence-corrected chi connectivity index (χ2v) is 5.99. The van der Waals surface area contributed by atoms with E-state index >= 15 is 0 Å². The van der Waals surface area contributed by atoms with Gasteiger partial charge in [0.1, 0.15) is 5.82 Å². The van der Waals surface area contributed by atoms with Crippen LogP contribution in [0.25, 0.3) is 0 Å². The van der Waals surface area contributed by atoms with Gasteiger partial charge in [0, 0.05) is 23.0 Å². The van der Waals surface area contributed by atoms with Crippen molar-refractivity contribution in [3.8, 4) is 0 Å². The summed E-state index contributed by atoms with van der Waals surface area (Å²) in [6, 6.07) is 4.96. The number of hydrogen-bond acceptors (Lipinski definition) is 1. The third kappa shape index (κ3) is 3.37. The van der Waals surface area contributed by atoms with Crippen LogP contribution in [-0.4, -0.2) is 23.4 Å². The fraction of sp³-hybridized carbons (Fsp3) is 0.571. The van der Waals surface area contributed by atoms with Crippen molar-refractivity contribution >= 4 is 23.2 Å². The Labute approximate surface area is 118 Å². The van der Waals surface area contributed by atoms with Gasteiger partial charge in [-0.15, -0.1) is 11.6 Å². The van der Waals surface area contributed by atoms with E-state index in [-0.39, 0.29) is 11.2 Å².